The average Bonchev–Trinajstić information content (AvgIpc) is 2.56. The first-order valence-corrected chi connectivity index (χ1v) is 8.76. The molecule has 0 saturated carbocycles. The lowest BCUT2D eigenvalue weighted by molar-refractivity contribution is 0.585. The molecule has 8 nitrogen and oxygen atoms in total. The first kappa shape index (κ1) is 15.7. The molecule has 1 aliphatic heterocycles. The molecule has 0 unspecified atom stereocenters. The molecule has 0 spiro atoms. The van der Waals surface area contributed by atoms with Crippen molar-refractivity contribution in [3.63, 3.8) is 0 Å². The summed E-state index contributed by atoms with van der Waals surface area (Å²) in [7, 11) is -3.69. The van der Waals surface area contributed by atoms with Crippen molar-refractivity contribution in [1.29, 1.82) is 0 Å². The van der Waals surface area contributed by atoms with Crippen molar-refractivity contribution in [2.75, 3.05) is 36.4 Å². The van der Waals surface area contributed by atoms with Crippen LogP contribution in [0.4, 0.5) is 17.5 Å². The first-order valence-electron chi connectivity index (χ1n) is 7.21. The van der Waals surface area contributed by atoms with E-state index in [2.05, 4.69) is 25.5 Å². The van der Waals surface area contributed by atoms with E-state index >= 15 is 0 Å². The van der Waals surface area contributed by atoms with E-state index in [0.29, 0.717) is 11.6 Å². The highest BCUT2D eigenvalue weighted by molar-refractivity contribution is 7.89. The Morgan fingerprint density at radius 3 is 2.48 bits per heavy atom. The minimum atomic E-state index is -3.69. The zero-order valence-corrected chi connectivity index (χ0v) is 13.3. The van der Waals surface area contributed by atoms with Crippen LogP contribution in [0.15, 0.2) is 41.4 Å². The van der Waals surface area contributed by atoms with Gasteiger partial charge in [-0.2, -0.15) is 4.98 Å². The number of nitrogens with two attached hydrogens (primary N) is 1. The summed E-state index contributed by atoms with van der Waals surface area (Å²) in [5, 5.41) is 11.4. The third kappa shape index (κ3) is 3.95. The summed E-state index contributed by atoms with van der Waals surface area (Å²) >= 11 is 0. The van der Waals surface area contributed by atoms with Crippen LogP contribution in [0.25, 0.3) is 0 Å². The van der Waals surface area contributed by atoms with Gasteiger partial charge in [-0.25, -0.2) is 18.5 Å². The van der Waals surface area contributed by atoms with E-state index in [4.69, 9.17) is 5.14 Å². The molecular formula is C14H18N6O2S. The van der Waals surface area contributed by atoms with Crippen molar-refractivity contribution in [2.45, 2.75) is 4.90 Å². The van der Waals surface area contributed by atoms with Crippen LogP contribution in [0.5, 0.6) is 0 Å². The predicted molar refractivity (Wildman–Crippen MR) is 88.2 cm³/mol. The summed E-state index contributed by atoms with van der Waals surface area (Å²) in [4.78, 5) is 10.9. The van der Waals surface area contributed by atoms with Gasteiger partial charge in [0.25, 0.3) is 0 Å². The van der Waals surface area contributed by atoms with E-state index in [1.54, 1.807) is 18.3 Å². The molecule has 1 aromatic heterocycles. The Kier molecular flexibility index (Phi) is 4.42. The Hall–Kier alpha value is -2.23. The van der Waals surface area contributed by atoms with E-state index in [1.807, 2.05) is 6.07 Å². The molecule has 122 valence electrons. The van der Waals surface area contributed by atoms with Gasteiger partial charge in [-0.1, -0.05) is 0 Å². The van der Waals surface area contributed by atoms with Crippen LogP contribution < -0.4 is 20.7 Å². The van der Waals surface area contributed by atoms with Crippen molar-refractivity contribution in [1.82, 2.24) is 15.3 Å². The van der Waals surface area contributed by atoms with Gasteiger partial charge >= 0.3 is 0 Å². The van der Waals surface area contributed by atoms with Gasteiger partial charge < -0.3 is 15.5 Å². The lowest BCUT2D eigenvalue weighted by Crippen LogP contribution is -2.43. The van der Waals surface area contributed by atoms with Crippen molar-refractivity contribution in [3.05, 3.63) is 36.5 Å². The topological polar surface area (TPSA) is 113 Å². The van der Waals surface area contributed by atoms with Crippen LogP contribution in [-0.2, 0) is 10.0 Å². The maximum atomic E-state index is 11.2. The SMILES string of the molecule is NS(=O)(=O)c1ccc(Nc2nccc(N3CCNCC3)n2)cc1. The van der Waals surface area contributed by atoms with E-state index < -0.39 is 10.0 Å². The van der Waals surface area contributed by atoms with E-state index in [0.717, 1.165) is 32.0 Å². The molecule has 0 radical (unpaired) electrons. The standard InChI is InChI=1S/C14H18N6O2S/c15-23(21,22)12-3-1-11(2-4-12)18-14-17-6-5-13(19-14)20-9-7-16-8-10-20/h1-6,16H,7-10H2,(H2,15,21,22)(H,17,18,19). The van der Waals surface area contributed by atoms with Crippen molar-refractivity contribution < 1.29 is 8.42 Å². The molecule has 1 aromatic carbocycles. The largest absolute Gasteiger partial charge is 0.354 e. The molecule has 2 heterocycles. The normalized spacial score (nSPS) is 15.4. The molecule has 1 aliphatic rings. The van der Waals surface area contributed by atoms with Crippen LogP contribution in [0, 0.1) is 0 Å². The van der Waals surface area contributed by atoms with Gasteiger partial charge in [-0.05, 0) is 30.3 Å². The number of hydrogen-bond acceptors (Lipinski definition) is 7. The maximum Gasteiger partial charge on any atom is 0.238 e. The smallest absolute Gasteiger partial charge is 0.238 e. The molecule has 23 heavy (non-hydrogen) atoms. The van der Waals surface area contributed by atoms with Gasteiger partial charge in [0.05, 0.1) is 4.90 Å². The Bertz CT molecular complexity index is 772. The highest BCUT2D eigenvalue weighted by atomic mass is 32.2. The molecule has 2 aromatic rings. The molecule has 9 heteroatoms. The fourth-order valence-electron chi connectivity index (χ4n) is 2.34. The highest BCUT2D eigenvalue weighted by Crippen LogP contribution is 2.18. The fourth-order valence-corrected chi connectivity index (χ4v) is 2.85. The second-order valence-electron chi connectivity index (χ2n) is 5.17. The first-order chi connectivity index (χ1) is 11.0. The summed E-state index contributed by atoms with van der Waals surface area (Å²) in [6.07, 6.45) is 1.70. The fraction of sp³-hybridized carbons (Fsp3) is 0.286. The number of rotatable bonds is 4. The van der Waals surface area contributed by atoms with Crippen LogP contribution >= 0.6 is 0 Å². The summed E-state index contributed by atoms with van der Waals surface area (Å²) in [6.45, 7) is 3.67. The van der Waals surface area contributed by atoms with Crippen LogP contribution in [-0.4, -0.2) is 44.6 Å². The Labute approximate surface area is 134 Å². The van der Waals surface area contributed by atoms with Crippen molar-refractivity contribution in [3.8, 4) is 0 Å². The molecule has 1 saturated heterocycles. The monoisotopic (exact) mass is 334 g/mol. The number of hydrogen-bond donors (Lipinski definition) is 3. The number of sulfonamides is 1. The molecule has 0 amide bonds. The lowest BCUT2D eigenvalue weighted by Gasteiger charge is -2.28. The summed E-state index contributed by atoms with van der Waals surface area (Å²) < 4.78 is 22.5. The van der Waals surface area contributed by atoms with Gasteiger partial charge in [0.1, 0.15) is 5.82 Å². The summed E-state index contributed by atoms with van der Waals surface area (Å²) in [5.41, 5.74) is 0.690. The third-order valence-corrected chi connectivity index (χ3v) is 4.45. The number of aromatic nitrogens is 2. The number of nitrogens with one attached hydrogen (secondary N) is 2. The van der Waals surface area contributed by atoms with Gasteiger partial charge in [0.15, 0.2) is 0 Å². The van der Waals surface area contributed by atoms with Crippen molar-refractivity contribution in [2.24, 2.45) is 5.14 Å². The number of nitrogens with zero attached hydrogens (tertiary/aromatic N) is 3. The van der Waals surface area contributed by atoms with Crippen LogP contribution in [0.2, 0.25) is 0 Å². The Morgan fingerprint density at radius 1 is 1.13 bits per heavy atom. The van der Waals surface area contributed by atoms with Gasteiger partial charge in [-0.3, -0.25) is 0 Å². The number of piperazine rings is 1. The highest BCUT2D eigenvalue weighted by Gasteiger charge is 2.12. The molecule has 1 fully saturated rings. The number of primary sulfonamides is 1. The third-order valence-electron chi connectivity index (χ3n) is 3.52. The van der Waals surface area contributed by atoms with E-state index in [9.17, 15) is 8.42 Å². The number of anilines is 3. The minimum Gasteiger partial charge on any atom is -0.354 e. The van der Waals surface area contributed by atoms with Crippen LogP contribution in [0.1, 0.15) is 0 Å². The van der Waals surface area contributed by atoms with E-state index in [1.165, 1.54) is 12.1 Å². The molecule has 3 rings (SSSR count). The lowest BCUT2D eigenvalue weighted by atomic mass is 10.3. The van der Waals surface area contributed by atoms with Crippen LogP contribution in [0.3, 0.4) is 0 Å². The van der Waals surface area contributed by atoms with Gasteiger partial charge in [0.2, 0.25) is 16.0 Å². The molecule has 4 N–H and O–H groups in total. The van der Waals surface area contributed by atoms with Crippen molar-refractivity contribution >= 4 is 27.5 Å². The van der Waals surface area contributed by atoms with E-state index in [-0.39, 0.29) is 4.90 Å². The molecular weight excluding hydrogens is 316 g/mol. The Balaban J connectivity index is 1.75. The summed E-state index contributed by atoms with van der Waals surface area (Å²) in [5.74, 6) is 1.33. The Morgan fingerprint density at radius 2 is 1.83 bits per heavy atom. The summed E-state index contributed by atoms with van der Waals surface area (Å²) in [6, 6.07) is 8.01. The maximum absolute atomic E-state index is 11.2. The second kappa shape index (κ2) is 6.49. The van der Waals surface area contributed by atoms with Gasteiger partial charge in [0, 0.05) is 38.1 Å². The quantitative estimate of drug-likeness (QED) is 0.736. The average molecular weight is 334 g/mol. The molecule has 0 atom stereocenters. The number of benzene rings is 1. The predicted octanol–water partition coefficient (Wildman–Crippen LogP) is 0.277. The second-order valence-corrected chi connectivity index (χ2v) is 6.73. The molecule has 0 aliphatic carbocycles. The zero-order chi connectivity index (χ0) is 16.3. The minimum absolute atomic E-state index is 0.0681. The molecule has 0 bridgehead atoms. The zero-order valence-electron chi connectivity index (χ0n) is 12.4. The van der Waals surface area contributed by atoms with Gasteiger partial charge in [-0.15, -0.1) is 0 Å².